The second-order valence-corrected chi connectivity index (χ2v) is 6.17. The highest BCUT2D eigenvalue weighted by Crippen LogP contribution is 2.28. The number of aryl methyl sites for hydroxylation is 2. The van der Waals surface area contributed by atoms with E-state index in [-0.39, 0.29) is 6.04 Å². The minimum absolute atomic E-state index is 0.0325. The van der Waals surface area contributed by atoms with Crippen molar-refractivity contribution in [3.8, 4) is 11.4 Å². The molecule has 3 heterocycles. The molecule has 24 heavy (non-hydrogen) atoms. The molecule has 2 aromatic heterocycles. The lowest BCUT2D eigenvalue weighted by Crippen LogP contribution is -2.22. The number of fused-ring (bicyclic) bond motifs is 1. The lowest BCUT2D eigenvalue weighted by molar-refractivity contribution is 0.402. The number of anilines is 1. The third kappa shape index (κ3) is 2.87. The number of nitrogens with zero attached hydrogens (tertiary/aromatic N) is 5. The summed E-state index contributed by atoms with van der Waals surface area (Å²) in [7, 11) is 0. The van der Waals surface area contributed by atoms with Crippen LogP contribution in [-0.2, 0) is 13.0 Å². The summed E-state index contributed by atoms with van der Waals surface area (Å²) >= 11 is 5.90. The highest BCUT2D eigenvalue weighted by molar-refractivity contribution is 6.30. The van der Waals surface area contributed by atoms with E-state index in [1.807, 2.05) is 16.8 Å². The lowest BCUT2D eigenvalue weighted by atomic mass is 10.1. The molecule has 0 saturated carbocycles. The maximum absolute atomic E-state index is 5.90. The summed E-state index contributed by atoms with van der Waals surface area (Å²) in [5.74, 6) is 2.33. The second-order valence-electron chi connectivity index (χ2n) is 5.73. The fourth-order valence-corrected chi connectivity index (χ4v) is 2.96. The molecule has 0 spiro atoms. The van der Waals surface area contributed by atoms with Crippen molar-refractivity contribution >= 4 is 17.6 Å². The van der Waals surface area contributed by atoms with E-state index < -0.39 is 0 Å². The Kier molecular flexibility index (Phi) is 3.93. The molecule has 1 aromatic carbocycles. The van der Waals surface area contributed by atoms with Gasteiger partial charge in [-0.2, -0.15) is 10.1 Å². The number of halogens is 1. The summed E-state index contributed by atoms with van der Waals surface area (Å²) in [4.78, 5) is 9.02. The van der Waals surface area contributed by atoms with Crippen LogP contribution >= 0.6 is 11.6 Å². The van der Waals surface area contributed by atoms with Gasteiger partial charge < -0.3 is 9.84 Å². The van der Waals surface area contributed by atoms with E-state index in [1.54, 1.807) is 12.1 Å². The van der Waals surface area contributed by atoms with E-state index in [0.29, 0.717) is 16.9 Å². The van der Waals surface area contributed by atoms with Gasteiger partial charge in [0.1, 0.15) is 5.82 Å². The molecule has 0 saturated heterocycles. The molecule has 0 fully saturated rings. The molecule has 1 N–H and O–H groups in total. The van der Waals surface area contributed by atoms with Crippen molar-refractivity contribution in [3.05, 3.63) is 40.9 Å². The average molecular weight is 345 g/mol. The Morgan fingerprint density at radius 3 is 2.92 bits per heavy atom. The smallest absolute Gasteiger partial charge is 0.322 e. The molecule has 0 aliphatic carbocycles. The number of benzene rings is 1. The molecule has 7 nitrogen and oxygen atoms in total. The van der Waals surface area contributed by atoms with Crippen molar-refractivity contribution < 1.29 is 4.52 Å². The zero-order valence-corrected chi connectivity index (χ0v) is 14.0. The highest BCUT2D eigenvalue weighted by atomic mass is 35.5. The molecule has 0 amide bonds. The summed E-state index contributed by atoms with van der Waals surface area (Å²) in [6.07, 6.45) is 2.82. The van der Waals surface area contributed by atoms with Gasteiger partial charge in [-0.15, -0.1) is 0 Å². The first-order chi connectivity index (χ1) is 11.7. The Hall–Kier alpha value is -2.41. The molecule has 0 bridgehead atoms. The summed E-state index contributed by atoms with van der Waals surface area (Å²) in [6.45, 7) is 2.96. The molecule has 1 aliphatic heterocycles. The van der Waals surface area contributed by atoms with E-state index in [2.05, 4.69) is 32.5 Å². The topological polar surface area (TPSA) is 81.7 Å². The minimum Gasteiger partial charge on any atom is -0.328 e. The third-order valence-corrected chi connectivity index (χ3v) is 4.31. The Balaban J connectivity index is 1.55. The molecule has 4 rings (SSSR count). The Labute approximate surface area is 144 Å². The van der Waals surface area contributed by atoms with Crippen molar-refractivity contribution in [2.45, 2.75) is 38.8 Å². The van der Waals surface area contributed by atoms with E-state index in [0.717, 1.165) is 43.0 Å². The van der Waals surface area contributed by atoms with Gasteiger partial charge >= 0.3 is 6.01 Å². The molecule has 8 heteroatoms. The van der Waals surface area contributed by atoms with Crippen LogP contribution in [0.4, 0.5) is 6.01 Å². The third-order valence-electron chi connectivity index (χ3n) is 4.06. The van der Waals surface area contributed by atoms with E-state index in [9.17, 15) is 0 Å². The van der Waals surface area contributed by atoms with Crippen molar-refractivity contribution in [1.82, 2.24) is 24.9 Å². The van der Waals surface area contributed by atoms with Crippen LogP contribution in [0.1, 0.15) is 37.5 Å². The molecule has 0 unspecified atom stereocenters. The zero-order valence-electron chi connectivity index (χ0n) is 13.2. The second kappa shape index (κ2) is 6.24. The fraction of sp³-hybridized carbons (Fsp3) is 0.375. The van der Waals surface area contributed by atoms with Crippen molar-refractivity contribution in [2.24, 2.45) is 0 Å². The normalized spacial score (nSPS) is 16.8. The number of hydrogen-bond donors (Lipinski definition) is 1. The minimum atomic E-state index is 0.0325. The number of nitrogens with one attached hydrogen (secondary N) is 1. The van der Waals surface area contributed by atoms with Crippen LogP contribution in [0.25, 0.3) is 11.4 Å². The summed E-state index contributed by atoms with van der Waals surface area (Å²) in [5, 5.41) is 12.5. The van der Waals surface area contributed by atoms with E-state index >= 15 is 0 Å². The maximum Gasteiger partial charge on any atom is 0.322 e. The Morgan fingerprint density at radius 1 is 1.29 bits per heavy atom. The molecule has 1 atom stereocenters. The van der Waals surface area contributed by atoms with Gasteiger partial charge in [0.2, 0.25) is 5.82 Å². The van der Waals surface area contributed by atoms with Crippen LogP contribution in [0.2, 0.25) is 5.02 Å². The highest BCUT2D eigenvalue weighted by Gasteiger charge is 2.25. The van der Waals surface area contributed by atoms with Gasteiger partial charge in [-0.25, -0.2) is 9.67 Å². The molecule has 124 valence electrons. The SMILES string of the molecule is CCc1nc2n(n1)CCC[C@@H]2Nc1nc(-c2ccc(Cl)cc2)no1. The molecule has 1 aliphatic rings. The van der Waals surface area contributed by atoms with Crippen LogP contribution in [-0.4, -0.2) is 24.9 Å². The van der Waals surface area contributed by atoms with Gasteiger partial charge in [0.25, 0.3) is 0 Å². The van der Waals surface area contributed by atoms with Crippen LogP contribution in [0.5, 0.6) is 0 Å². The maximum atomic E-state index is 5.90. The molecule has 0 radical (unpaired) electrons. The predicted octanol–water partition coefficient (Wildman–Crippen LogP) is 3.49. The van der Waals surface area contributed by atoms with Gasteiger partial charge in [0.05, 0.1) is 6.04 Å². The average Bonchev–Trinajstić information content (AvgIpc) is 3.22. The lowest BCUT2D eigenvalue weighted by Gasteiger charge is -2.21. The number of aromatic nitrogens is 5. The van der Waals surface area contributed by atoms with Gasteiger partial charge in [-0.1, -0.05) is 23.7 Å². The molecular formula is C16H17ClN6O. The summed E-state index contributed by atoms with van der Waals surface area (Å²) < 4.78 is 7.31. The van der Waals surface area contributed by atoms with Crippen molar-refractivity contribution in [3.63, 3.8) is 0 Å². The van der Waals surface area contributed by atoms with Gasteiger partial charge in [-0.3, -0.25) is 0 Å². The predicted molar refractivity (Wildman–Crippen MR) is 89.7 cm³/mol. The monoisotopic (exact) mass is 344 g/mol. The van der Waals surface area contributed by atoms with Gasteiger partial charge in [-0.05, 0) is 37.1 Å². The van der Waals surface area contributed by atoms with E-state index in [1.165, 1.54) is 0 Å². The first-order valence-corrected chi connectivity index (χ1v) is 8.40. The van der Waals surface area contributed by atoms with Crippen LogP contribution in [0.3, 0.4) is 0 Å². The molecular weight excluding hydrogens is 328 g/mol. The summed E-state index contributed by atoms with van der Waals surface area (Å²) in [6, 6.07) is 7.75. The first-order valence-electron chi connectivity index (χ1n) is 8.02. The van der Waals surface area contributed by atoms with Crippen LogP contribution in [0, 0.1) is 0 Å². The Bertz CT molecular complexity index is 841. The number of hydrogen-bond acceptors (Lipinski definition) is 6. The number of rotatable bonds is 4. The zero-order chi connectivity index (χ0) is 16.5. The standard InChI is InChI=1S/C16H17ClN6O/c1-2-13-19-15-12(4-3-9-23(15)21-13)18-16-20-14(22-24-16)10-5-7-11(17)8-6-10/h5-8,12H,2-4,9H2,1H3,(H,18,20,22)/t12-/m0/s1. The van der Waals surface area contributed by atoms with E-state index in [4.69, 9.17) is 16.1 Å². The summed E-state index contributed by atoms with van der Waals surface area (Å²) in [5.41, 5.74) is 0.858. The van der Waals surface area contributed by atoms with Crippen LogP contribution in [0.15, 0.2) is 28.8 Å². The fourth-order valence-electron chi connectivity index (χ4n) is 2.83. The van der Waals surface area contributed by atoms with Gasteiger partial charge in [0, 0.05) is 23.6 Å². The van der Waals surface area contributed by atoms with Crippen molar-refractivity contribution in [2.75, 3.05) is 5.32 Å². The van der Waals surface area contributed by atoms with Crippen LogP contribution < -0.4 is 5.32 Å². The molecule has 3 aromatic rings. The van der Waals surface area contributed by atoms with Gasteiger partial charge in [0.15, 0.2) is 5.82 Å². The first kappa shape index (κ1) is 15.1. The van der Waals surface area contributed by atoms with Crippen molar-refractivity contribution in [1.29, 1.82) is 0 Å². The quantitative estimate of drug-likeness (QED) is 0.780. The largest absolute Gasteiger partial charge is 0.328 e. The Morgan fingerprint density at radius 2 is 2.12 bits per heavy atom.